The summed E-state index contributed by atoms with van der Waals surface area (Å²) in [4.78, 5) is 50.7. The first kappa shape index (κ1) is 85.9. The van der Waals surface area contributed by atoms with Gasteiger partial charge in [-0.15, -0.1) is 30.6 Å². The van der Waals surface area contributed by atoms with Crippen molar-refractivity contribution >= 4 is 99.4 Å². The SMILES string of the molecule is COC(=O)c1n[nH]nc1Sc1ccc(-c2ccc(OC)cc2)cc1.COC(=O)c1nnn(Cc2ccc(OC)cc2)c1Sc1ccc(-c2ccc(OC)cc2)cc1.COC(=O)c1nnn(Cc2ccc(OC)cc2)c1Sc1ccc(Br)cc1.COc1ccc(-c2ccc(Sc3n[nH]nc3C(=O)O)cc2)cc1.Cc1ccc(B(O)O)cc1. The van der Waals surface area contributed by atoms with E-state index in [-0.39, 0.29) is 22.8 Å². The van der Waals surface area contributed by atoms with E-state index in [1.54, 1.807) is 57.0 Å². The molecule has 0 spiro atoms. The number of carboxylic acids is 1. The molecule has 0 saturated carbocycles. The molecular formula is C83H76BBrN12O15S4. The molecule has 0 fully saturated rings. The van der Waals surface area contributed by atoms with Crippen LogP contribution in [0.25, 0.3) is 33.4 Å². The first-order chi connectivity index (χ1) is 56.3. The molecule has 10 aromatic carbocycles. The molecule has 0 radical (unpaired) electrons. The lowest BCUT2D eigenvalue weighted by molar-refractivity contribution is 0.0581. The van der Waals surface area contributed by atoms with Crippen LogP contribution in [0, 0.1) is 6.92 Å². The van der Waals surface area contributed by atoms with Crippen molar-refractivity contribution in [1.29, 1.82) is 0 Å². The number of carbonyl (C=O) groups excluding carboxylic acids is 3. The van der Waals surface area contributed by atoms with Crippen LogP contribution in [0.1, 0.15) is 58.6 Å². The second kappa shape index (κ2) is 43.1. The Balaban J connectivity index is 0.000000158. The maximum absolute atomic E-state index is 12.3. The summed E-state index contributed by atoms with van der Waals surface area (Å²) in [6.45, 7) is 2.89. The fraction of sp³-hybridized carbons (Fsp3) is 0.133. The van der Waals surface area contributed by atoms with Gasteiger partial charge in [0, 0.05) is 24.1 Å². The number of carbonyl (C=O) groups is 4. The van der Waals surface area contributed by atoms with E-state index in [4.69, 9.17) is 48.3 Å². The number of aryl methyl sites for hydroxylation is 1. The number of halogens is 1. The number of nitrogens with zero attached hydrogens (tertiary/aromatic N) is 10. The molecule has 0 amide bonds. The number of aromatic carboxylic acids is 1. The maximum Gasteiger partial charge on any atom is 0.488 e. The summed E-state index contributed by atoms with van der Waals surface area (Å²) < 4.78 is 44.7. The zero-order valence-electron chi connectivity index (χ0n) is 63.8. The number of H-pyrrole nitrogens is 2. The van der Waals surface area contributed by atoms with Crippen molar-refractivity contribution < 1.29 is 72.2 Å². The van der Waals surface area contributed by atoms with Gasteiger partial charge in [-0.2, -0.15) is 10.4 Å². The molecule has 0 unspecified atom stereocenters. The van der Waals surface area contributed by atoms with Gasteiger partial charge in [0.15, 0.2) is 10.1 Å². The summed E-state index contributed by atoms with van der Waals surface area (Å²) in [6.07, 6.45) is 0. The lowest BCUT2D eigenvalue weighted by atomic mass is 9.80. The molecule has 14 rings (SSSR count). The van der Waals surface area contributed by atoms with Crippen molar-refractivity contribution in [3.63, 3.8) is 0 Å². The highest BCUT2D eigenvalue weighted by Crippen LogP contribution is 2.37. The van der Waals surface area contributed by atoms with E-state index >= 15 is 0 Å². The van der Waals surface area contributed by atoms with Crippen molar-refractivity contribution in [3.8, 4) is 62.1 Å². The fourth-order valence-corrected chi connectivity index (χ4v) is 14.1. The zero-order chi connectivity index (χ0) is 82.5. The number of aromatic nitrogens is 12. The van der Waals surface area contributed by atoms with Crippen LogP contribution in [0.3, 0.4) is 0 Å². The summed E-state index contributed by atoms with van der Waals surface area (Å²) in [5.74, 6) is 1.38. The van der Waals surface area contributed by atoms with Gasteiger partial charge < -0.3 is 53.0 Å². The lowest BCUT2D eigenvalue weighted by Crippen LogP contribution is -2.29. The molecule has 116 heavy (non-hydrogen) atoms. The average Bonchev–Trinajstić information content (AvgIpc) is 1.66. The molecule has 0 aliphatic carbocycles. The van der Waals surface area contributed by atoms with Crippen LogP contribution in [-0.2, 0) is 27.3 Å². The molecule has 33 heteroatoms. The number of rotatable bonds is 25. The third-order valence-corrected chi connectivity index (χ3v) is 21.3. The first-order valence-corrected chi connectivity index (χ1v) is 38.9. The Morgan fingerprint density at radius 2 is 0.655 bits per heavy atom. The molecular weight excluding hydrogens is 1620 g/mol. The van der Waals surface area contributed by atoms with Gasteiger partial charge in [0.1, 0.15) is 38.8 Å². The predicted molar refractivity (Wildman–Crippen MR) is 445 cm³/mol. The lowest BCUT2D eigenvalue weighted by Gasteiger charge is -2.09. The monoisotopic (exact) mass is 1700 g/mol. The quantitative estimate of drug-likeness (QED) is 0.0202. The third-order valence-electron chi connectivity index (χ3n) is 16.6. The van der Waals surface area contributed by atoms with Gasteiger partial charge in [0.05, 0.1) is 70.0 Å². The number of ether oxygens (including phenoxy) is 8. The Morgan fingerprint density at radius 1 is 0.371 bits per heavy atom. The Labute approximate surface area is 693 Å². The number of benzene rings is 10. The Hall–Kier alpha value is -12.5. The van der Waals surface area contributed by atoms with E-state index in [1.807, 2.05) is 237 Å². The van der Waals surface area contributed by atoms with Crippen LogP contribution in [-0.4, -0.2) is 164 Å². The molecule has 0 aliphatic rings. The molecule has 0 aliphatic heterocycles. The average molecular weight is 1700 g/mol. The summed E-state index contributed by atoms with van der Waals surface area (Å²) in [5, 5.41) is 65.0. The molecule has 0 saturated heterocycles. The van der Waals surface area contributed by atoms with Crippen LogP contribution >= 0.6 is 63.0 Å². The molecule has 0 atom stereocenters. The van der Waals surface area contributed by atoms with Crippen LogP contribution in [0.15, 0.2) is 287 Å². The summed E-state index contributed by atoms with van der Waals surface area (Å²) in [7, 11) is 10.8. The maximum atomic E-state index is 12.3. The molecule has 592 valence electrons. The van der Waals surface area contributed by atoms with Crippen LogP contribution in [0.5, 0.6) is 28.7 Å². The van der Waals surface area contributed by atoms with E-state index in [0.29, 0.717) is 38.7 Å². The van der Waals surface area contributed by atoms with E-state index < -0.39 is 31.0 Å². The number of carboxylic acid groups (broad SMARTS) is 1. The molecule has 4 heterocycles. The second-order valence-corrected chi connectivity index (χ2v) is 29.3. The van der Waals surface area contributed by atoms with Crippen molar-refractivity contribution in [2.24, 2.45) is 0 Å². The van der Waals surface area contributed by atoms with E-state index in [9.17, 15) is 19.2 Å². The van der Waals surface area contributed by atoms with Crippen molar-refractivity contribution in [2.75, 3.05) is 56.9 Å². The smallest absolute Gasteiger partial charge is 0.488 e. The van der Waals surface area contributed by atoms with Gasteiger partial charge in [-0.3, -0.25) is 0 Å². The van der Waals surface area contributed by atoms with Crippen molar-refractivity contribution in [3.05, 3.63) is 287 Å². The van der Waals surface area contributed by atoms with E-state index in [2.05, 4.69) is 72.1 Å². The molecule has 5 N–H and O–H groups in total. The van der Waals surface area contributed by atoms with Crippen LogP contribution in [0.4, 0.5) is 0 Å². The zero-order valence-corrected chi connectivity index (χ0v) is 68.7. The minimum Gasteiger partial charge on any atom is -0.497 e. The Kier molecular flexibility index (Phi) is 31.9. The molecule has 14 aromatic rings. The Bertz CT molecular complexity index is 5480. The molecule has 4 aromatic heterocycles. The summed E-state index contributed by atoms with van der Waals surface area (Å²) in [5.41, 5.74) is 10.7. The van der Waals surface area contributed by atoms with Crippen LogP contribution in [0.2, 0.25) is 0 Å². The van der Waals surface area contributed by atoms with Gasteiger partial charge in [0.2, 0.25) is 22.8 Å². The number of nitrogens with one attached hydrogen (secondary N) is 2. The number of aromatic amines is 2. The summed E-state index contributed by atoms with van der Waals surface area (Å²) >= 11 is 8.86. The van der Waals surface area contributed by atoms with Gasteiger partial charge in [-0.25, -0.2) is 28.5 Å². The van der Waals surface area contributed by atoms with Crippen molar-refractivity contribution in [2.45, 2.75) is 59.7 Å². The highest BCUT2D eigenvalue weighted by molar-refractivity contribution is 9.10. The predicted octanol–water partition coefficient (Wildman–Crippen LogP) is 15.4. The highest BCUT2D eigenvalue weighted by Gasteiger charge is 2.25. The van der Waals surface area contributed by atoms with Gasteiger partial charge >= 0.3 is 31.0 Å². The number of esters is 3. The fourth-order valence-electron chi connectivity index (χ4n) is 10.4. The third kappa shape index (κ3) is 24.3. The largest absolute Gasteiger partial charge is 0.497 e. The van der Waals surface area contributed by atoms with E-state index in [0.717, 1.165) is 103 Å². The second-order valence-electron chi connectivity index (χ2n) is 24.1. The summed E-state index contributed by atoms with van der Waals surface area (Å²) in [6, 6.07) is 77.7. The standard InChI is InChI=1S/C25H23N3O4S.C18H16BrN3O3S.C17H15N3O3S.C16H13N3O3S.C7H9BO2/c1-30-20-10-4-17(5-11-20)16-28-24(23(26-27-28)25(29)32-3)33-22-14-8-19(9-15-22)18-6-12-21(31-2)13-7-18;1-24-14-7-3-12(4-8-14)11-22-17(16(20-21-22)18(23)25-2)26-15-9-5-13(19)6-10-15;1-22-13-7-3-11(4-8-13)12-5-9-14(10-6-12)24-16-15(17(21)23-2)18-20-19-16;1-22-12-6-2-10(3-7-12)11-4-8-13(9-5-11)23-15-14(16(20)21)17-19-18-15;1-6-2-4-7(5-3-6)8(9)10/h4-15H,16H2,1-3H3;3-10H,11H2,1-2H3;3-10H,1-2H3,(H,18,19,20);2-9H,1H3,(H,20,21)(H,17,18,19);2-5,9-10H,1H3. The topological polar surface area (TPSA) is 347 Å². The number of hydrogen-bond acceptors (Lipinski definition) is 26. The molecule has 27 nitrogen and oxygen atoms in total. The number of hydrogen-bond donors (Lipinski definition) is 5. The van der Waals surface area contributed by atoms with Crippen LogP contribution < -0.4 is 29.1 Å². The van der Waals surface area contributed by atoms with Crippen molar-refractivity contribution in [1.82, 2.24) is 60.8 Å². The Morgan fingerprint density at radius 3 is 0.966 bits per heavy atom. The van der Waals surface area contributed by atoms with Gasteiger partial charge in [-0.1, -0.05) is 200 Å². The number of methoxy groups -OCH3 is 8. The van der Waals surface area contributed by atoms with Gasteiger partial charge in [-0.05, 0) is 178 Å². The minimum absolute atomic E-state index is 0.0748. The minimum atomic E-state index is -1.35. The normalized spacial score (nSPS) is 10.4. The first-order valence-electron chi connectivity index (χ1n) is 34.9. The van der Waals surface area contributed by atoms with E-state index in [1.165, 1.54) is 68.4 Å². The van der Waals surface area contributed by atoms with Gasteiger partial charge in [0.25, 0.3) is 0 Å². The highest BCUT2D eigenvalue weighted by atomic mass is 79.9. The molecule has 0 bridgehead atoms.